The Morgan fingerprint density at radius 3 is 2.58 bits per heavy atom. The maximum Gasteiger partial charge on any atom is 0.407 e. The second kappa shape index (κ2) is 9.82. The first kappa shape index (κ1) is 23.7. The summed E-state index contributed by atoms with van der Waals surface area (Å²) >= 11 is 13.0. The van der Waals surface area contributed by atoms with Gasteiger partial charge in [0.2, 0.25) is 5.95 Å². The fourth-order valence-corrected chi connectivity index (χ4v) is 4.79. The van der Waals surface area contributed by atoms with Crippen molar-refractivity contribution in [2.75, 3.05) is 18.0 Å². The molecule has 3 aromatic rings. The zero-order valence-corrected chi connectivity index (χ0v) is 20.8. The number of fused-ring (bicyclic) bond motifs is 1. The lowest BCUT2D eigenvalue weighted by atomic mass is 10.0. The largest absolute Gasteiger partial charge is 0.444 e. The van der Waals surface area contributed by atoms with Gasteiger partial charge < -0.3 is 19.5 Å². The van der Waals surface area contributed by atoms with Gasteiger partial charge in [-0.2, -0.15) is 0 Å². The third-order valence-corrected chi connectivity index (χ3v) is 6.49. The minimum Gasteiger partial charge on any atom is -0.444 e. The maximum absolute atomic E-state index is 12.3. The van der Waals surface area contributed by atoms with Crippen LogP contribution in [-0.2, 0) is 11.3 Å². The summed E-state index contributed by atoms with van der Waals surface area (Å²) in [6, 6.07) is 13.8. The van der Waals surface area contributed by atoms with Crippen LogP contribution < -0.4 is 10.2 Å². The minimum atomic E-state index is -0.529. The van der Waals surface area contributed by atoms with E-state index in [0.717, 1.165) is 48.4 Å². The fraction of sp³-hybridized carbons (Fsp3) is 0.440. The molecule has 2 heterocycles. The highest BCUT2D eigenvalue weighted by Gasteiger charge is 2.28. The number of rotatable bonds is 5. The van der Waals surface area contributed by atoms with Crippen LogP contribution >= 0.6 is 23.2 Å². The topological polar surface area (TPSA) is 59.4 Å². The standard InChI is InChI=1S/C25H30Cl2N4O2/c1-25(2,3)33-24(32)28-15-17-9-6-7-14-30(17)23-29-21-12-4-5-13-22(21)31(23)16-18-19(26)10-8-11-20(18)27/h4-5,8,10-13,17H,6-7,9,14-16H2,1-3H3,(H,28,32)/t17-/m1/s1. The van der Waals surface area contributed by atoms with Gasteiger partial charge in [-0.05, 0) is 64.3 Å². The molecule has 0 radical (unpaired) electrons. The number of nitrogens with one attached hydrogen (secondary N) is 1. The number of anilines is 1. The van der Waals surface area contributed by atoms with Gasteiger partial charge in [0, 0.05) is 34.7 Å². The molecule has 33 heavy (non-hydrogen) atoms. The molecule has 1 aromatic heterocycles. The predicted molar refractivity (Wildman–Crippen MR) is 135 cm³/mol. The van der Waals surface area contributed by atoms with Crippen LogP contribution in [0.4, 0.5) is 10.7 Å². The molecule has 1 aliphatic rings. The van der Waals surface area contributed by atoms with Crippen molar-refractivity contribution in [2.45, 2.75) is 58.2 Å². The highest BCUT2D eigenvalue weighted by Crippen LogP contribution is 2.32. The molecular weight excluding hydrogens is 459 g/mol. The van der Waals surface area contributed by atoms with Crippen molar-refractivity contribution in [1.82, 2.24) is 14.9 Å². The van der Waals surface area contributed by atoms with Crippen LogP contribution in [0.5, 0.6) is 0 Å². The van der Waals surface area contributed by atoms with E-state index in [4.69, 9.17) is 32.9 Å². The van der Waals surface area contributed by atoms with Crippen molar-refractivity contribution >= 4 is 46.3 Å². The summed E-state index contributed by atoms with van der Waals surface area (Å²) in [7, 11) is 0. The van der Waals surface area contributed by atoms with Gasteiger partial charge in [-0.25, -0.2) is 9.78 Å². The van der Waals surface area contributed by atoms with Crippen LogP contribution in [0.15, 0.2) is 42.5 Å². The Labute approximate surface area is 204 Å². The number of benzene rings is 2. The molecule has 0 unspecified atom stereocenters. The Kier molecular flexibility index (Phi) is 7.05. The fourth-order valence-electron chi connectivity index (χ4n) is 4.27. The molecule has 0 bridgehead atoms. The predicted octanol–water partition coefficient (Wildman–Crippen LogP) is 6.28. The lowest BCUT2D eigenvalue weighted by Gasteiger charge is -2.37. The molecule has 1 saturated heterocycles. The normalized spacial score (nSPS) is 16.8. The molecule has 8 heteroatoms. The van der Waals surface area contributed by atoms with Crippen LogP contribution in [-0.4, -0.2) is 40.4 Å². The van der Waals surface area contributed by atoms with E-state index in [2.05, 4.69) is 20.9 Å². The first-order valence-corrected chi connectivity index (χ1v) is 12.1. The average molecular weight is 489 g/mol. The van der Waals surface area contributed by atoms with E-state index in [9.17, 15) is 4.79 Å². The van der Waals surface area contributed by atoms with Crippen molar-refractivity contribution in [1.29, 1.82) is 0 Å². The zero-order valence-electron chi connectivity index (χ0n) is 19.3. The van der Waals surface area contributed by atoms with Crippen molar-refractivity contribution in [3.63, 3.8) is 0 Å². The Morgan fingerprint density at radius 2 is 1.85 bits per heavy atom. The van der Waals surface area contributed by atoms with Gasteiger partial charge in [-0.3, -0.25) is 0 Å². The molecule has 1 N–H and O–H groups in total. The van der Waals surface area contributed by atoms with E-state index in [1.807, 2.05) is 57.2 Å². The van der Waals surface area contributed by atoms with E-state index in [0.29, 0.717) is 23.1 Å². The molecule has 0 aliphatic carbocycles. The van der Waals surface area contributed by atoms with Crippen molar-refractivity contribution in [2.24, 2.45) is 0 Å². The molecule has 4 rings (SSSR count). The number of imidazole rings is 1. The number of aromatic nitrogens is 2. The number of nitrogens with zero attached hydrogens (tertiary/aromatic N) is 3. The Balaban J connectivity index is 1.66. The number of halogens is 2. The van der Waals surface area contributed by atoms with Gasteiger partial charge in [0.05, 0.1) is 17.6 Å². The molecule has 1 atom stereocenters. The molecule has 1 amide bonds. The summed E-state index contributed by atoms with van der Waals surface area (Å²) in [5.41, 5.74) is 2.28. The van der Waals surface area contributed by atoms with Gasteiger partial charge in [-0.1, -0.05) is 41.4 Å². The smallest absolute Gasteiger partial charge is 0.407 e. The summed E-state index contributed by atoms with van der Waals surface area (Å²) in [6.45, 7) is 7.45. The first-order valence-electron chi connectivity index (χ1n) is 11.3. The lowest BCUT2D eigenvalue weighted by Crippen LogP contribution is -2.48. The monoisotopic (exact) mass is 488 g/mol. The molecular formula is C25H30Cl2N4O2. The van der Waals surface area contributed by atoms with Gasteiger partial charge in [0.15, 0.2) is 0 Å². The summed E-state index contributed by atoms with van der Waals surface area (Å²) in [5.74, 6) is 0.864. The molecule has 1 fully saturated rings. The van der Waals surface area contributed by atoms with Crippen LogP contribution in [0.25, 0.3) is 11.0 Å². The second-order valence-electron chi connectivity index (χ2n) is 9.41. The molecule has 0 spiro atoms. The average Bonchev–Trinajstić information content (AvgIpc) is 3.12. The number of carbonyl (C=O) groups is 1. The van der Waals surface area contributed by atoms with Crippen molar-refractivity contribution < 1.29 is 9.53 Å². The van der Waals surface area contributed by atoms with E-state index in [1.165, 1.54) is 0 Å². The van der Waals surface area contributed by atoms with E-state index < -0.39 is 11.7 Å². The second-order valence-corrected chi connectivity index (χ2v) is 10.2. The molecule has 176 valence electrons. The highest BCUT2D eigenvalue weighted by atomic mass is 35.5. The van der Waals surface area contributed by atoms with Crippen molar-refractivity contribution in [3.8, 4) is 0 Å². The molecule has 0 saturated carbocycles. The highest BCUT2D eigenvalue weighted by molar-refractivity contribution is 6.36. The molecule has 2 aromatic carbocycles. The Hall–Kier alpha value is -2.44. The number of piperidine rings is 1. The van der Waals surface area contributed by atoms with Gasteiger partial charge >= 0.3 is 6.09 Å². The van der Waals surface area contributed by atoms with E-state index in [-0.39, 0.29) is 6.04 Å². The third kappa shape index (κ3) is 5.56. The van der Waals surface area contributed by atoms with Gasteiger partial charge in [0.25, 0.3) is 0 Å². The number of alkyl carbamates (subject to hydrolysis) is 1. The Bertz CT molecular complexity index is 1120. The summed E-state index contributed by atoms with van der Waals surface area (Å²) in [6.07, 6.45) is 2.74. The first-order chi connectivity index (χ1) is 15.7. The van der Waals surface area contributed by atoms with Crippen LogP contribution in [0.3, 0.4) is 0 Å². The maximum atomic E-state index is 12.3. The minimum absolute atomic E-state index is 0.114. The summed E-state index contributed by atoms with van der Waals surface area (Å²) in [5, 5.41) is 4.21. The number of amides is 1. The van der Waals surface area contributed by atoms with E-state index in [1.54, 1.807) is 0 Å². The van der Waals surface area contributed by atoms with Gasteiger partial charge in [-0.15, -0.1) is 0 Å². The number of ether oxygens (including phenoxy) is 1. The molecule has 6 nitrogen and oxygen atoms in total. The summed E-state index contributed by atoms with van der Waals surface area (Å²) < 4.78 is 7.60. The molecule has 1 aliphatic heterocycles. The van der Waals surface area contributed by atoms with Crippen LogP contribution in [0.1, 0.15) is 45.6 Å². The van der Waals surface area contributed by atoms with Crippen LogP contribution in [0, 0.1) is 0 Å². The van der Waals surface area contributed by atoms with Crippen molar-refractivity contribution in [3.05, 3.63) is 58.1 Å². The lowest BCUT2D eigenvalue weighted by molar-refractivity contribution is 0.0522. The number of para-hydroxylation sites is 2. The SMILES string of the molecule is CC(C)(C)OC(=O)NC[C@H]1CCCCN1c1nc2ccccc2n1Cc1c(Cl)cccc1Cl. The summed E-state index contributed by atoms with van der Waals surface area (Å²) in [4.78, 5) is 19.6. The third-order valence-electron chi connectivity index (χ3n) is 5.78. The number of hydrogen-bond donors (Lipinski definition) is 1. The number of hydrogen-bond acceptors (Lipinski definition) is 4. The van der Waals surface area contributed by atoms with Crippen LogP contribution in [0.2, 0.25) is 10.0 Å². The quantitative estimate of drug-likeness (QED) is 0.459. The van der Waals surface area contributed by atoms with E-state index >= 15 is 0 Å². The zero-order chi connectivity index (χ0) is 23.6. The van der Waals surface area contributed by atoms with Gasteiger partial charge in [0.1, 0.15) is 5.60 Å². The Morgan fingerprint density at radius 1 is 1.12 bits per heavy atom. The number of carbonyl (C=O) groups excluding carboxylic acids is 1.